The minimum absolute atomic E-state index is 0.0449. The number of nitrogens with zero attached hydrogens (tertiary/aromatic N) is 1. The zero-order valence-corrected chi connectivity index (χ0v) is 13.4. The zero-order chi connectivity index (χ0) is 14.9. The summed E-state index contributed by atoms with van der Waals surface area (Å²) in [5, 5.41) is 0. The van der Waals surface area contributed by atoms with Gasteiger partial charge < -0.3 is 10.5 Å². The molecule has 2 atom stereocenters. The van der Waals surface area contributed by atoms with Crippen LogP contribution in [0.2, 0.25) is 0 Å². The van der Waals surface area contributed by atoms with Gasteiger partial charge in [-0.05, 0) is 43.1 Å². The lowest BCUT2D eigenvalue weighted by atomic mass is 9.86. The first-order chi connectivity index (χ1) is 9.51. The number of nitrogens with two attached hydrogens (primary N) is 1. The zero-order valence-electron chi connectivity index (χ0n) is 13.4. The number of fused-ring (bicyclic) bond motifs is 1. The molecule has 112 valence electrons. The Kier molecular flexibility index (Phi) is 4.71. The molecule has 2 rings (SSSR count). The highest BCUT2D eigenvalue weighted by atomic mass is 16.5. The maximum Gasteiger partial charge on any atom is 0.124 e. The van der Waals surface area contributed by atoms with Crippen LogP contribution in [-0.2, 0) is 0 Å². The Labute approximate surface area is 123 Å². The Morgan fingerprint density at radius 3 is 2.50 bits per heavy atom. The van der Waals surface area contributed by atoms with Gasteiger partial charge in [0.1, 0.15) is 12.4 Å². The van der Waals surface area contributed by atoms with E-state index in [1.165, 1.54) is 16.7 Å². The normalized spacial score (nSPS) is 22.0. The minimum Gasteiger partial charge on any atom is -0.492 e. The van der Waals surface area contributed by atoms with Gasteiger partial charge in [-0.15, -0.1) is 0 Å². The highest BCUT2D eigenvalue weighted by molar-refractivity contribution is 5.49. The molecule has 0 saturated carbocycles. The van der Waals surface area contributed by atoms with Crippen molar-refractivity contribution < 1.29 is 4.74 Å². The van der Waals surface area contributed by atoms with E-state index in [1.54, 1.807) is 0 Å². The Hall–Kier alpha value is -1.06. The number of hydrogen-bond acceptors (Lipinski definition) is 3. The maximum absolute atomic E-state index is 6.37. The molecule has 3 heteroatoms. The van der Waals surface area contributed by atoms with Crippen LogP contribution in [0.15, 0.2) is 12.1 Å². The molecule has 0 spiro atoms. The van der Waals surface area contributed by atoms with Crippen molar-refractivity contribution in [3.05, 3.63) is 28.8 Å². The number of benzene rings is 1. The Balaban J connectivity index is 2.55. The van der Waals surface area contributed by atoms with Gasteiger partial charge >= 0.3 is 0 Å². The largest absolute Gasteiger partial charge is 0.492 e. The molecule has 1 aromatic carbocycles. The first kappa shape index (κ1) is 15.3. The summed E-state index contributed by atoms with van der Waals surface area (Å²) >= 11 is 0. The van der Waals surface area contributed by atoms with Crippen LogP contribution in [-0.4, -0.2) is 30.6 Å². The lowest BCUT2D eigenvalue weighted by molar-refractivity contribution is 0.128. The van der Waals surface area contributed by atoms with Crippen molar-refractivity contribution in [2.45, 2.75) is 52.6 Å². The van der Waals surface area contributed by atoms with E-state index in [9.17, 15) is 0 Å². The summed E-state index contributed by atoms with van der Waals surface area (Å²) in [5.74, 6) is 1.54. The van der Waals surface area contributed by atoms with Crippen molar-refractivity contribution in [3.63, 3.8) is 0 Å². The maximum atomic E-state index is 6.37. The lowest BCUT2D eigenvalue weighted by Gasteiger charge is -2.40. The molecule has 0 aliphatic carbocycles. The first-order valence-corrected chi connectivity index (χ1v) is 7.77. The lowest BCUT2D eigenvalue weighted by Crippen LogP contribution is -2.47. The third-order valence-electron chi connectivity index (χ3n) is 4.48. The molecular formula is C17H28N2O. The summed E-state index contributed by atoms with van der Waals surface area (Å²) < 4.78 is 5.87. The van der Waals surface area contributed by atoms with Crippen LogP contribution in [0.1, 0.15) is 56.3 Å². The predicted molar refractivity (Wildman–Crippen MR) is 84.4 cm³/mol. The molecule has 2 N–H and O–H groups in total. The highest BCUT2D eigenvalue weighted by Crippen LogP contribution is 2.40. The SMILES string of the molecule is CCN(CC)C1c2c(ccc(C(C)C)c2C)OCC1N. The van der Waals surface area contributed by atoms with Crippen LogP contribution in [0.4, 0.5) is 0 Å². The van der Waals surface area contributed by atoms with Crippen LogP contribution in [0.5, 0.6) is 5.75 Å². The summed E-state index contributed by atoms with van der Waals surface area (Å²) in [5.41, 5.74) is 10.4. The predicted octanol–water partition coefficient (Wildman–Crippen LogP) is 3.22. The van der Waals surface area contributed by atoms with Crippen LogP contribution < -0.4 is 10.5 Å². The van der Waals surface area contributed by atoms with Crippen LogP contribution in [0.3, 0.4) is 0 Å². The van der Waals surface area contributed by atoms with Gasteiger partial charge in [0.05, 0.1) is 12.1 Å². The molecule has 0 amide bonds. The van der Waals surface area contributed by atoms with Crippen molar-refractivity contribution in [2.24, 2.45) is 5.73 Å². The summed E-state index contributed by atoms with van der Waals surface area (Å²) in [6, 6.07) is 4.64. The molecular weight excluding hydrogens is 248 g/mol. The van der Waals surface area contributed by atoms with Gasteiger partial charge in [-0.3, -0.25) is 4.90 Å². The number of likely N-dealkylation sites (N-methyl/N-ethyl adjacent to an activating group) is 1. The van der Waals surface area contributed by atoms with Gasteiger partial charge in [-0.2, -0.15) is 0 Å². The average Bonchev–Trinajstić information content (AvgIpc) is 2.42. The topological polar surface area (TPSA) is 38.5 Å². The minimum atomic E-state index is 0.0449. The van der Waals surface area contributed by atoms with E-state index >= 15 is 0 Å². The smallest absolute Gasteiger partial charge is 0.124 e. The molecule has 0 bridgehead atoms. The second-order valence-electron chi connectivity index (χ2n) is 5.99. The van der Waals surface area contributed by atoms with Gasteiger partial charge in [0.25, 0.3) is 0 Å². The van der Waals surface area contributed by atoms with Crippen molar-refractivity contribution >= 4 is 0 Å². The fraction of sp³-hybridized carbons (Fsp3) is 0.647. The molecule has 0 radical (unpaired) electrons. The van der Waals surface area contributed by atoms with E-state index in [0.29, 0.717) is 12.5 Å². The van der Waals surface area contributed by atoms with Crippen LogP contribution in [0, 0.1) is 6.92 Å². The van der Waals surface area contributed by atoms with Gasteiger partial charge in [0.15, 0.2) is 0 Å². The fourth-order valence-electron chi connectivity index (χ4n) is 3.40. The standard InChI is InChI=1S/C17H28N2O/c1-6-19(7-2)17-14(18)10-20-15-9-8-13(11(3)4)12(5)16(15)17/h8-9,11,14,17H,6-7,10,18H2,1-5H3. The van der Waals surface area contributed by atoms with E-state index in [4.69, 9.17) is 10.5 Å². The summed E-state index contributed by atoms with van der Waals surface area (Å²) in [6.07, 6.45) is 0. The molecule has 1 aliphatic rings. The summed E-state index contributed by atoms with van der Waals surface area (Å²) in [6.45, 7) is 13.7. The van der Waals surface area contributed by atoms with Gasteiger partial charge in [0, 0.05) is 5.56 Å². The first-order valence-electron chi connectivity index (χ1n) is 7.77. The fourth-order valence-corrected chi connectivity index (χ4v) is 3.40. The molecule has 2 unspecified atom stereocenters. The van der Waals surface area contributed by atoms with Gasteiger partial charge in [0.2, 0.25) is 0 Å². The van der Waals surface area contributed by atoms with Crippen molar-refractivity contribution in [2.75, 3.05) is 19.7 Å². The van der Waals surface area contributed by atoms with E-state index in [1.807, 2.05) is 0 Å². The van der Waals surface area contributed by atoms with E-state index in [0.717, 1.165) is 18.8 Å². The van der Waals surface area contributed by atoms with Crippen LogP contribution in [0.25, 0.3) is 0 Å². The Bertz CT molecular complexity index is 466. The van der Waals surface area contributed by atoms with Crippen molar-refractivity contribution in [1.82, 2.24) is 4.90 Å². The molecule has 0 fully saturated rings. The van der Waals surface area contributed by atoms with Gasteiger partial charge in [-0.1, -0.05) is 33.8 Å². The molecule has 0 saturated heterocycles. The second-order valence-corrected chi connectivity index (χ2v) is 5.99. The summed E-state index contributed by atoms with van der Waals surface area (Å²) in [4.78, 5) is 2.45. The monoisotopic (exact) mass is 276 g/mol. The van der Waals surface area contributed by atoms with Crippen molar-refractivity contribution in [3.8, 4) is 5.75 Å². The molecule has 1 aliphatic heterocycles. The molecule has 0 aromatic heterocycles. The molecule has 3 nitrogen and oxygen atoms in total. The number of rotatable bonds is 4. The third kappa shape index (κ3) is 2.57. The van der Waals surface area contributed by atoms with Crippen molar-refractivity contribution in [1.29, 1.82) is 0 Å². The van der Waals surface area contributed by atoms with E-state index in [2.05, 4.69) is 51.7 Å². The Morgan fingerprint density at radius 2 is 1.95 bits per heavy atom. The average molecular weight is 276 g/mol. The molecule has 20 heavy (non-hydrogen) atoms. The summed E-state index contributed by atoms with van der Waals surface area (Å²) in [7, 11) is 0. The quantitative estimate of drug-likeness (QED) is 0.917. The highest BCUT2D eigenvalue weighted by Gasteiger charge is 2.34. The number of hydrogen-bond donors (Lipinski definition) is 1. The number of ether oxygens (including phenoxy) is 1. The van der Waals surface area contributed by atoms with E-state index in [-0.39, 0.29) is 12.1 Å². The third-order valence-corrected chi connectivity index (χ3v) is 4.48. The molecule has 1 heterocycles. The van der Waals surface area contributed by atoms with Crippen LogP contribution >= 0.6 is 0 Å². The van der Waals surface area contributed by atoms with E-state index < -0.39 is 0 Å². The molecule has 1 aromatic rings. The second kappa shape index (κ2) is 6.15. The Morgan fingerprint density at radius 1 is 1.30 bits per heavy atom. The van der Waals surface area contributed by atoms with Gasteiger partial charge in [-0.25, -0.2) is 0 Å².